The number of nitrogens with zero attached hydrogens (tertiary/aromatic N) is 2. The molecule has 1 saturated heterocycles. The van der Waals surface area contributed by atoms with Crippen molar-refractivity contribution >= 4 is 44.7 Å². The molecule has 5 atom stereocenters. The molecule has 3 aromatic carbocycles. The lowest BCUT2D eigenvalue weighted by molar-refractivity contribution is -0.142. The van der Waals surface area contributed by atoms with E-state index in [-0.39, 0.29) is 37.8 Å². The van der Waals surface area contributed by atoms with Gasteiger partial charge in [0.15, 0.2) is 0 Å². The van der Waals surface area contributed by atoms with Gasteiger partial charge in [-0.1, -0.05) is 108 Å². The molecule has 1 aromatic heterocycles. The fraction of sp³-hybridized carbons (Fsp3) is 0.449. The van der Waals surface area contributed by atoms with Gasteiger partial charge in [-0.15, -0.1) is 6.58 Å². The van der Waals surface area contributed by atoms with Crippen molar-refractivity contribution in [1.82, 2.24) is 25.2 Å². The molecule has 0 spiro atoms. The van der Waals surface area contributed by atoms with Crippen molar-refractivity contribution in [1.29, 1.82) is 0 Å². The highest BCUT2D eigenvalue weighted by molar-refractivity contribution is 7.91. The third-order valence-corrected chi connectivity index (χ3v) is 14.4. The smallest absolute Gasteiger partial charge is 0.407 e. The fourth-order valence-corrected chi connectivity index (χ4v) is 9.91. The van der Waals surface area contributed by atoms with Gasteiger partial charge in [0.2, 0.25) is 21.8 Å². The van der Waals surface area contributed by atoms with E-state index >= 15 is 0 Å². The number of ether oxygens (including phenoxy) is 3. The van der Waals surface area contributed by atoms with Crippen LogP contribution >= 0.6 is 0 Å². The van der Waals surface area contributed by atoms with Gasteiger partial charge < -0.3 is 29.7 Å². The Kier molecular flexibility index (Phi) is 12.6. The van der Waals surface area contributed by atoms with Crippen LogP contribution < -0.4 is 24.8 Å². The zero-order valence-corrected chi connectivity index (χ0v) is 38.4. The second-order valence-electron chi connectivity index (χ2n) is 19.6. The molecular weight excluding hydrogens is 835 g/mol. The molecule has 7 rings (SSSR count). The molecule has 3 N–H and O–H groups in total. The van der Waals surface area contributed by atoms with Gasteiger partial charge in [-0.05, 0) is 54.2 Å². The van der Waals surface area contributed by atoms with Gasteiger partial charge in [-0.25, -0.2) is 18.2 Å². The Labute approximate surface area is 375 Å². The minimum atomic E-state index is -4.18. The van der Waals surface area contributed by atoms with Crippen LogP contribution in [0.5, 0.6) is 11.5 Å². The molecule has 2 aliphatic carbocycles. The number of hydrogen-bond acceptors (Lipinski definition) is 10. The zero-order chi connectivity index (χ0) is 46.2. The number of amides is 4. The standard InChI is InChI=1S/C49H59N5O9S/c1-9-33-28-49(33,44(57)53-64(59,60)48(22-23-48)27-31-16-12-10-13-17-31)52-42(55)39-25-35(29-54(39)43(56)41(47(5,6)7)51-45(58)62-30-46(2,3)4)63-40-26-37(32-18-14-11-15-19-32)50-38-24-34(61-8)20-21-36(38)40/h9-21,24,26,33,35,39,41H,1,22-23,25,27-30H2,2-8H3,(H,51,58)(H,52,55)(H,53,57). The number of alkyl carbamates (subject to hydrolysis) is 1. The summed E-state index contributed by atoms with van der Waals surface area (Å²) in [5.41, 5.74) is 0.0950. The molecule has 14 nitrogen and oxygen atoms in total. The number of fused-ring (bicyclic) bond motifs is 1. The molecule has 2 heterocycles. The highest BCUT2D eigenvalue weighted by Gasteiger charge is 2.63. The molecule has 3 fully saturated rings. The van der Waals surface area contributed by atoms with Crippen molar-refractivity contribution in [2.24, 2.45) is 16.7 Å². The maximum absolute atomic E-state index is 14.9. The third kappa shape index (κ3) is 9.89. The van der Waals surface area contributed by atoms with Crippen LogP contribution in [0.25, 0.3) is 22.2 Å². The number of rotatable bonds is 15. The SMILES string of the molecule is C=CC1CC1(NC(=O)C1CC(Oc2cc(-c3ccccc3)nc3cc(OC)ccc23)CN1C(=O)C(NC(=O)OCC(C)(C)C)C(C)(C)C)C(=O)NS(=O)(=O)C1(Cc2ccccc2)CC1. The van der Waals surface area contributed by atoms with Gasteiger partial charge in [0.05, 0.1) is 36.2 Å². The van der Waals surface area contributed by atoms with Crippen molar-refractivity contribution in [2.45, 2.75) is 102 Å². The van der Waals surface area contributed by atoms with Gasteiger partial charge >= 0.3 is 6.09 Å². The summed E-state index contributed by atoms with van der Waals surface area (Å²) in [6.07, 6.45) is 1.09. The Balaban J connectivity index is 1.19. The second kappa shape index (κ2) is 17.5. The largest absolute Gasteiger partial charge is 0.497 e. The van der Waals surface area contributed by atoms with Crippen LogP contribution in [-0.4, -0.2) is 90.9 Å². The Morgan fingerprint density at radius 1 is 0.953 bits per heavy atom. The van der Waals surface area contributed by atoms with Crippen LogP contribution in [0, 0.1) is 16.7 Å². The number of hydrogen-bond donors (Lipinski definition) is 3. The number of nitrogens with one attached hydrogen (secondary N) is 3. The summed E-state index contributed by atoms with van der Waals surface area (Å²) in [6, 6.07) is 23.7. The van der Waals surface area contributed by atoms with Crippen LogP contribution in [0.2, 0.25) is 0 Å². The zero-order valence-electron chi connectivity index (χ0n) is 37.6. The van der Waals surface area contributed by atoms with Crippen LogP contribution in [0.1, 0.15) is 72.8 Å². The average molecular weight is 894 g/mol. The van der Waals surface area contributed by atoms with E-state index in [2.05, 4.69) is 21.9 Å². The summed E-state index contributed by atoms with van der Waals surface area (Å²) in [5.74, 6) is -1.63. The number of sulfonamides is 1. The van der Waals surface area contributed by atoms with E-state index in [0.29, 0.717) is 40.9 Å². The average Bonchev–Trinajstić information content (AvgIpc) is 4.15. The van der Waals surface area contributed by atoms with E-state index in [9.17, 15) is 27.6 Å². The molecule has 2 saturated carbocycles. The normalized spacial score (nSPS) is 21.9. The number of pyridine rings is 1. The van der Waals surface area contributed by atoms with Gasteiger partial charge in [0.25, 0.3) is 5.91 Å². The van der Waals surface area contributed by atoms with Gasteiger partial charge in [0.1, 0.15) is 35.2 Å². The van der Waals surface area contributed by atoms with Crippen molar-refractivity contribution in [3.05, 3.63) is 103 Å². The first kappa shape index (κ1) is 46.0. The Hall–Kier alpha value is -5.96. The summed E-state index contributed by atoms with van der Waals surface area (Å²) in [4.78, 5) is 63.3. The van der Waals surface area contributed by atoms with E-state index in [0.717, 1.165) is 11.1 Å². The second-order valence-corrected chi connectivity index (χ2v) is 21.7. The molecule has 1 aliphatic heterocycles. The topological polar surface area (TPSA) is 182 Å². The van der Waals surface area contributed by atoms with E-state index in [1.54, 1.807) is 40.0 Å². The molecule has 5 unspecified atom stereocenters. The molecule has 0 radical (unpaired) electrons. The molecule has 340 valence electrons. The first-order valence-electron chi connectivity index (χ1n) is 21.7. The quantitative estimate of drug-likeness (QED) is 0.108. The van der Waals surface area contributed by atoms with Crippen LogP contribution in [0.3, 0.4) is 0 Å². The van der Waals surface area contributed by atoms with Gasteiger partial charge in [0, 0.05) is 35.4 Å². The number of carbonyl (C=O) groups is 4. The molecule has 3 aliphatic rings. The van der Waals surface area contributed by atoms with Crippen LogP contribution in [0.15, 0.2) is 97.6 Å². The monoisotopic (exact) mass is 893 g/mol. The minimum Gasteiger partial charge on any atom is -0.497 e. The van der Waals surface area contributed by atoms with Crippen LogP contribution in [0.4, 0.5) is 4.79 Å². The molecule has 4 aromatic rings. The maximum Gasteiger partial charge on any atom is 0.407 e. The number of likely N-dealkylation sites (tertiary alicyclic amines) is 1. The number of benzene rings is 3. The lowest BCUT2D eigenvalue weighted by Gasteiger charge is -2.35. The summed E-state index contributed by atoms with van der Waals surface area (Å²) in [6.45, 7) is 15.0. The Morgan fingerprint density at radius 2 is 1.62 bits per heavy atom. The van der Waals surface area contributed by atoms with Crippen molar-refractivity contribution in [3.8, 4) is 22.8 Å². The Morgan fingerprint density at radius 3 is 2.22 bits per heavy atom. The fourth-order valence-electron chi connectivity index (χ4n) is 8.27. The minimum absolute atomic E-state index is 0.00150. The molecule has 64 heavy (non-hydrogen) atoms. The van der Waals surface area contributed by atoms with Crippen molar-refractivity contribution in [2.75, 3.05) is 20.3 Å². The van der Waals surface area contributed by atoms with Gasteiger partial charge in [-0.2, -0.15) is 0 Å². The number of aromatic nitrogens is 1. The Bertz CT molecular complexity index is 2530. The summed E-state index contributed by atoms with van der Waals surface area (Å²) >= 11 is 0. The first-order valence-corrected chi connectivity index (χ1v) is 23.2. The van der Waals surface area contributed by atoms with Crippen molar-refractivity contribution < 1.29 is 41.8 Å². The molecular formula is C49H59N5O9S. The predicted octanol–water partition coefficient (Wildman–Crippen LogP) is 6.73. The van der Waals surface area contributed by atoms with Crippen LogP contribution in [-0.2, 0) is 35.6 Å². The number of methoxy groups -OCH3 is 1. The summed E-state index contributed by atoms with van der Waals surface area (Å²) < 4.78 is 46.8. The van der Waals surface area contributed by atoms with E-state index in [1.807, 2.05) is 93.6 Å². The van der Waals surface area contributed by atoms with E-state index in [1.165, 1.54) is 11.0 Å². The maximum atomic E-state index is 14.9. The lowest BCUT2D eigenvalue weighted by Crippen LogP contribution is -2.60. The third-order valence-electron chi connectivity index (χ3n) is 12.2. The summed E-state index contributed by atoms with van der Waals surface area (Å²) in [7, 11) is -2.61. The highest BCUT2D eigenvalue weighted by Crippen LogP contribution is 2.49. The van der Waals surface area contributed by atoms with Gasteiger partial charge in [-0.3, -0.25) is 19.1 Å². The highest BCUT2D eigenvalue weighted by atomic mass is 32.2. The van der Waals surface area contributed by atoms with Crippen molar-refractivity contribution in [3.63, 3.8) is 0 Å². The predicted molar refractivity (Wildman–Crippen MR) is 244 cm³/mol. The molecule has 4 amide bonds. The molecule has 0 bridgehead atoms. The van der Waals surface area contributed by atoms with E-state index < -0.39 is 73.6 Å². The van der Waals surface area contributed by atoms with E-state index in [4.69, 9.17) is 19.2 Å². The summed E-state index contributed by atoms with van der Waals surface area (Å²) in [5, 5.41) is 6.31. The number of carbonyl (C=O) groups excluding carboxylic acids is 4. The molecule has 15 heteroatoms. The first-order chi connectivity index (χ1) is 30.2. The lowest BCUT2D eigenvalue weighted by atomic mass is 9.85.